The number of hydrogen-bond acceptors (Lipinski definition) is 5. The van der Waals surface area contributed by atoms with Crippen LogP contribution in [0, 0.1) is 39.9 Å². The first-order valence-corrected chi connectivity index (χ1v) is 7.52. The Balaban J connectivity index is 2.32. The molecule has 1 unspecified atom stereocenters. The lowest BCUT2D eigenvalue weighted by atomic mass is 10.0. The quantitative estimate of drug-likeness (QED) is 0.783. The molecule has 0 amide bonds. The minimum atomic E-state index is -0.688. The molecule has 0 aliphatic rings. The van der Waals surface area contributed by atoms with Crippen LogP contribution in [0.1, 0.15) is 22.8 Å². The molecule has 2 aromatic rings. The van der Waals surface area contributed by atoms with Gasteiger partial charge in [-0.1, -0.05) is 42.1 Å². The highest BCUT2D eigenvalue weighted by atomic mass is 32.2. The molecule has 0 aliphatic carbocycles. The number of nitriles is 3. The molecule has 1 aromatic carbocycles. The number of thioether (sulfide) groups is 1. The van der Waals surface area contributed by atoms with Gasteiger partial charge in [0.25, 0.3) is 0 Å². The highest BCUT2D eigenvalue weighted by Gasteiger charge is 2.20. The van der Waals surface area contributed by atoms with Gasteiger partial charge in [0.05, 0.1) is 17.7 Å². The fraction of sp³-hybridized carbons (Fsp3) is 0.176. The zero-order chi connectivity index (χ0) is 15.8. The van der Waals surface area contributed by atoms with E-state index in [9.17, 15) is 0 Å². The van der Waals surface area contributed by atoms with E-state index in [1.807, 2.05) is 42.5 Å². The summed E-state index contributed by atoms with van der Waals surface area (Å²) in [5.74, 6) is -0.688. The van der Waals surface area contributed by atoms with Gasteiger partial charge < -0.3 is 0 Å². The molecule has 0 aliphatic heterocycles. The molecular weight excluding hydrogens is 292 g/mol. The first-order chi connectivity index (χ1) is 10.8. The van der Waals surface area contributed by atoms with E-state index in [0.717, 1.165) is 5.56 Å². The molecule has 106 valence electrons. The normalized spacial score (nSPS) is 11.2. The van der Waals surface area contributed by atoms with Crippen LogP contribution in [0.15, 0.2) is 53.7 Å². The zero-order valence-electron chi connectivity index (χ0n) is 11.7. The second-order valence-corrected chi connectivity index (χ2v) is 5.72. The van der Waals surface area contributed by atoms with Gasteiger partial charge in [-0.25, -0.2) is 4.98 Å². The zero-order valence-corrected chi connectivity index (χ0v) is 12.5. The monoisotopic (exact) mass is 304 g/mol. The summed E-state index contributed by atoms with van der Waals surface area (Å²) in [5.41, 5.74) is 1.51. The van der Waals surface area contributed by atoms with Crippen LogP contribution in [-0.4, -0.2) is 4.98 Å². The number of pyridine rings is 1. The molecule has 4 nitrogen and oxygen atoms in total. The molecule has 0 saturated carbocycles. The van der Waals surface area contributed by atoms with Gasteiger partial charge in [0.2, 0.25) is 0 Å². The van der Waals surface area contributed by atoms with Gasteiger partial charge in [0, 0.05) is 11.4 Å². The van der Waals surface area contributed by atoms with Gasteiger partial charge in [0.15, 0.2) is 0 Å². The Labute approximate surface area is 133 Å². The van der Waals surface area contributed by atoms with Gasteiger partial charge in [-0.2, -0.15) is 15.8 Å². The SMILES string of the molecule is N#Cc1cccnc1SC(CC(C#N)C#N)c1ccccc1. The third kappa shape index (κ3) is 3.85. The summed E-state index contributed by atoms with van der Waals surface area (Å²) in [6.07, 6.45) is 2.03. The Bertz CT molecular complexity index is 739. The van der Waals surface area contributed by atoms with E-state index in [2.05, 4.69) is 11.1 Å². The number of benzene rings is 1. The van der Waals surface area contributed by atoms with Crippen molar-refractivity contribution >= 4 is 11.8 Å². The number of rotatable bonds is 5. The van der Waals surface area contributed by atoms with Crippen molar-refractivity contribution in [3.05, 3.63) is 59.8 Å². The van der Waals surface area contributed by atoms with Crippen molar-refractivity contribution in [1.29, 1.82) is 15.8 Å². The Morgan fingerprint density at radius 3 is 2.36 bits per heavy atom. The second kappa shape index (κ2) is 7.84. The van der Waals surface area contributed by atoms with Gasteiger partial charge in [-0.3, -0.25) is 0 Å². The largest absolute Gasteiger partial charge is 0.249 e. The fourth-order valence-corrected chi connectivity index (χ4v) is 3.19. The maximum atomic E-state index is 9.17. The van der Waals surface area contributed by atoms with E-state index >= 15 is 0 Å². The Morgan fingerprint density at radius 2 is 1.73 bits per heavy atom. The first-order valence-electron chi connectivity index (χ1n) is 6.64. The predicted octanol–water partition coefficient (Wildman–Crippen LogP) is 3.84. The topological polar surface area (TPSA) is 84.3 Å². The van der Waals surface area contributed by atoms with Crippen LogP contribution in [0.25, 0.3) is 0 Å². The highest BCUT2D eigenvalue weighted by molar-refractivity contribution is 7.99. The Hall–Kier alpha value is -2.81. The standard InChI is InChI=1S/C17H12N4S/c18-10-13(11-19)9-16(14-5-2-1-3-6-14)22-17-15(12-20)7-4-8-21-17/h1-8,13,16H,9H2. The maximum Gasteiger partial charge on any atom is 0.134 e. The van der Waals surface area contributed by atoms with Gasteiger partial charge in [-0.05, 0) is 24.1 Å². The van der Waals surface area contributed by atoms with E-state index in [0.29, 0.717) is 17.0 Å². The van der Waals surface area contributed by atoms with E-state index in [4.69, 9.17) is 15.8 Å². The van der Waals surface area contributed by atoms with E-state index in [1.54, 1.807) is 18.3 Å². The molecule has 0 spiro atoms. The molecule has 1 heterocycles. The fourth-order valence-electron chi connectivity index (χ4n) is 1.97. The Kier molecular flexibility index (Phi) is 5.55. The molecule has 1 atom stereocenters. The second-order valence-electron chi connectivity index (χ2n) is 4.53. The van der Waals surface area contributed by atoms with Crippen LogP contribution in [0.5, 0.6) is 0 Å². The average Bonchev–Trinajstić information content (AvgIpc) is 2.59. The minimum Gasteiger partial charge on any atom is -0.249 e. The van der Waals surface area contributed by atoms with E-state index in [-0.39, 0.29) is 5.25 Å². The predicted molar refractivity (Wildman–Crippen MR) is 83.3 cm³/mol. The Morgan fingerprint density at radius 1 is 1.00 bits per heavy atom. The van der Waals surface area contributed by atoms with Crippen molar-refractivity contribution in [2.75, 3.05) is 0 Å². The van der Waals surface area contributed by atoms with Crippen molar-refractivity contribution in [2.24, 2.45) is 5.92 Å². The lowest BCUT2D eigenvalue weighted by Gasteiger charge is -2.17. The third-order valence-electron chi connectivity index (χ3n) is 3.08. The van der Waals surface area contributed by atoms with Crippen LogP contribution in [0.3, 0.4) is 0 Å². The molecule has 0 fully saturated rings. The van der Waals surface area contributed by atoms with Crippen LogP contribution >= 0.6 is 11.8 Å². The van der Waals surface area contributed by atoms with E-state index < -0.39 is 5.92 Å². The summed E-state index contributed by atoms with van der Waals surface area (Å²) in [6, 6.07) is 19.2. The summed E-state index contributed by atoms with van der Waals surface area (Å²) < 4.78 is 0. The van der Waals surface area contributed by atoms with Gasteiger partial charge in [0.1, 0.15) is 17.0 Å². The van der Waals surface area contributed by atoms with Crippen LogP contribution < -0.4 is 0 Å². The van der Waals surface area contributed by atoms with Crippen molar-refractivity contribution in [1.82, 2.24) is 4.98 Å². The molecule has 1 aromatic heterocycles. The van der Waals surface area contributed by atoms with Crippen LogP contribution in [0.2, 0.25) is 0 Å². The lowest BCUT2D eigenvalue weighted by molar-refractivity contribution is 0.716. The summed E-state index contributed by atoms with van der Waals surface area (Å²) in [6.45, 7) is 0. The summed E-state index contributed by atoms with van der Waals surface area (Å²) in [7, 11) is 0. The van der Waals surface area contributed by atoms with Gasteiger partial charge >= 0.3 is 0 Å². The van der Waals surface area contributed by atoms with Crippen molar-refractivity contribution in [3.8, 4) is 18.2 Å². The molecule has 0 bridgehead atoms. The van der Waals surface area contributed by atoms with Crippen molar-refractivity contribution < 1.29 is 0 Å². The highest BCUT2D eigenvalue weighted by Crippen LogP contribution is 2.39. The van der Waals surface area contributed by atoms with Crippen molar-refractivity contribution in [3.63, 3.8) is 0 Å². The molecule has 0 radical (unpaired) electrons. The summed E-state index contributed by atoms with van der Waals surface area (Å²) in [4.78, 5) is 4.25. The lowest BCUT2D eigenvalue weighted by Crippen LogP contribution is -2.03. The van der Waals surface area contributed by atoms with Crippen LogP contribution in [-0.2, 0) is 0 Å². The third-order valence-corrected chi connectivity index (χ3v) is 4.38. The van der Waals surface area contributed by atoms with Crippen LogP contribution in [0.4, 0.5) is 0 Å². The molecule has 5 heteroatoms. The first kappa shape index (κ1) is 15.6. The number of aromatic nitrogens is 1. The summed E-state index contributed by atoms with van der Waals surface area (Å²) >= 11 is 1.42. The average molecular weight is 304 g/mol. The number of nitrogens with zero attached hydrogens (tertiary/aromatic N) is 4. The van der Waals surface area contributed by atoms with E-state index in [1.165, 1.54) is 11.8 Å². The molecular formula is C17H12N4S. The maximum absolute atomic E-state index is 9.17. The summed E-state index contributed by atoms with van der Waals surface area (Å²) in [5, 5.41) is 27.8. The molecule has 2 rings (SSSR count). The number of hydrogen-bond donors (Lipinski definition) is 0. The smallest absolute Gasteiger partial charge is 0.134 e. The minimum absolute atomic E-state index is 0.104. The van der Waals surface area contributed by atoms with Crippen molar-refractivity contribution in [2.45, 2.75) is 16.7 Å². The van der Waals surface area contributed by atoms with Gasteiger partial charge in [-0.15, -0.1) is 0 Å². The molecule has 0 N–H and O–H groups in total. The molecule has 0 saturated heterocycles. The molecule has 22 heavy (non-hydrogen) atoms.